The zero-order chi connectivity index (χ0) is 19.0. The number of benzene rings is 1. The fourth-order valence-corrected chi connectivity index (χ4v) is 3.12. The van der Waals surface area contributed by atoms with E-state index in [1.54, 1.807) is 43.0 Å². The van der Waals surface area contributed by atoms with Crippen LogP contribution in [-0.4, -0.2) is 58.5 Å². The molecule has 0 unspecified atom stereocenters. The molecule has 0 N–H and O–H groups in total. The van der Waals surface area contributed by atoms with Gasteiger partial charge >= 0.3 is 17.8 Å². The standard InChI is InChI=1S/C18H19N3O5/c1-11(2)21-17(25)16(24)20(18(21)26)10-14(22)12-5-3-6-13(9-12)19-8-4-7-15(19)23/h3,5-6,9,11H,4,7-8,10H2,1-2H3. The molecule has 2 fully saturated rings. The summed E-state index contributed by atoms with van der Waals surface area (Å²) >= 11 is 0. The van der Waals surface area contributed by atoms with E-state index in [9.17, 15) is 24.0 Å². The molecular weight excluding hydrogens is 338 g/mol. The average Bonchev–Trinajstić information content (AvgIpc) is 3.12. The van der Waals surface area contributed by atoms with Crippen molar-refractivity contribution in [3.63, 3.8) is 0 Å². The Morgan fingerprint density at radius 3 is 2.42 bits per heavy atom. The van der Waals surface area contributed by atoms with E-state index < -0.39 is 36.2 Å². The molecule has 2 aliphatic rings. The van der Waals surface area contributed by atoms with Gasteiger partial charge in [0, 0.05) is 30.3 Å². The van der Waals surface area contributed by atoms with Crippen LogP contribution in [0.4, 0.5) is 10.5 Å². The van der Waals surface area contributed by atoms with Crippen LogP contribution < -0.4 is 4.90 Å². The van der Waals surface area contributed by atoms with Crippen molar-refractivity contribution in [2.45, 2.75) is 32.7 Å². The van der Waals surface area contributed by atoms with Gasteiger partial charge in [-0.2, -0.15) is 0 Å². The number of ketones is 1. The normalized spacial score (nSPS) is 17.9. The van der Waals surface area contributed by atoms with Gasteiger partial charge in [-0.25, -0.2) is 9.69 Å². The summed E-state index contributed by atoms with van der Waals surface area (Å²) < 4.78 is 0. The Kier molecular flexibility index (Phi) is 4.58. The number of nitrogens with zero attached hydrogens (tertiary/aromatic N) is 3. The average molecular weight is 357 g/mol. The molecule has 2 saturated heterocycles. The predicted molar refractivity (Wildman–Crippen MR) is 91.5 cm³/mol. The monoisotopic (exact) mass is 357 g/mol. The van der Waals surface area contributed by atoms with Crippen LogP contribution in [-0.2, 0) is 14.4 Å². The van der Waals surface area contributed by atoms with Crippen molar-refractivity contribution in [2.24, 2.45) is 0 Å². The summed E-state index contributed by atoms with van der Waals surface area (Å²) in [5, 5.41) is 0. The van der Waals surface area contributed by atoms with Crippen LogP contribution in [0.2, 0.25) is 0 Å². The highest BCUT2D eigenvalue weighted by atomic mass is 16.2. The van der Waals surface area contributed by atoms with Crippen molar-refractivity contribution in [1.29, 1.82) is 0 Å². The molecule has 5 amide bonds. The van der Waals surface area contributed by atoms with Crippen molar-refractivity contribution in [1.82, 2.24) is 9.80 Å². The van der Waals surface area contributed by atoms with Gasteiger partial charge in [0.25, 0.3) is 0 Å². The largest absolute Gasteiger partial charge is 0.334 e. The lowest BCUT2D eigenvalue weighted by molar-refractivity contribution is -0.143. The first-order valence-corrected chi connectivity index (χ1v) is 8.44. The number of anilines is 1. The van der Waals surface area contributed by atoms with Crippen LogP contribution >= 0.6 is 0 Å². The maximum Gasteiger partial charge on any atom is 0.334 e. The smallest absolute Gasteiger partial charge is 0.312 e. The second-order valence-corrected chi connectivity index (χ2v) is 6.57. The molecule has 0 spiro atoms. The maximum atomic E-state index is 12.5. The number of Topliss-reactive ketones (excluding diaryl/α,β-unsaturated/α-hetero) is 1. The third-order valence-corrected chi connectivity index (χ3v) is 4.46. The Labute approximate surface area is 150 Å². The van der Waals surface area contributed by atoms with Crippen LogP contribution in [0, 0.1) is 0 Å². The number of carbonyl (C=O) groups excluding carboxylic acids is 5. The van der Waals surface area contributed by atoms with E-state index in [4.69, 9.17) is 0 Å². The summed E-state index contributed by atoms with van der Waals surface area (Å²) in [5.41, 5.74) is 0.885. The van der Waals surface area contributed by atoms with Crippen LogP contribution in [0.3, 0.4) is 0 Å². The van der Waals surface area contributed by atoms with Crippen molar-refractivity contribution < 1.29 is 24.0 Å². The Balaban J connectivity index is 1.78. The molecule has 26 heavy (non-hydrogen) atoms. The fraction of sp³-hybridized carbons (Fsp3) is 0.389. The van der Waals surface area contributed by atoms with Gasteiger partial charge in [-0.05, 0) is 32.4 Å². The minimum absolute atomic E-state index is 0.00216. The van der Waals surface area contributed by atoms with E-state index in [0.29, 0.717) is 23.6 Å². The lowest BCUT2D eigenvalue weighted by Gasteiger charge is -2.18. The first-order valence-electron chi connectivity index (χ1n) is 8.44. The van der Waals surface area contributed by atoms with Gasteiger partial charge in [-0.3, -0.25) is 24.1 Å². The predicted octanol–water partition coefficient (Wildman–Crippen LogP) is 1.20. The minimum Gasteiger partial charge on any atom is -0.312 e. The molecule has 0 radical (unpaired) electrons. The number of hydrogen-bond acceptors (Lipinski definition) is 5. The third-order valence-electron chi connectivity index (χ3n) is 4.46. The molecule has 2 aliphatic heterocycles. The SMILES string of the molecule is CC(C)N1C(=O)C(=O)N(CC(=O)c2cccc(N3CCCC3=O)c2)C1=O. The lowest BCUT2D eigenvalue weighted by atomic mass is 10.1. The van der Waals surface area contributed by atoms with Crippen LogP contribution in [0.25, 0.3) is 0 Å². The van der Waals surface area contributed by atoms with Gasteiger partial charge in [-0.1, -0.05) is 12.1 Å². The molecule has 1 aromatic carbocycles. The molecule has 8 nitrogen and oxygen atoms in total. The molecule has 0 aliphatic carbocycles. The van der Waals surface area contributed by atoms with E-state index in [0.717, 1.165) is 11.3 Å². The Morgan fingerprint density at radius 2 is 1.85 bits per heavy atom. The number of amides is 5. The maximum absolute atomic E-state index is 12.5. The summed E-state index contributed by atoms with van der Waals surface area (Å²) in [6.45, 7) is 3.32. The quantitative estimate of drug-likeness (QED) is 0.448. The first-order chi connectivity index (χ1) is 12.3. The number of imide groups is 2. The van der Waals surface area contributed by atoms with Crippen molar-refractivity contribution in [3.05, 3.63) is 29.8 Å². The topological polar surface area (TPSA) is 95.1 Å². The first kappa shape index (κ1) is 17.8. The van der Waals surface area contributed by atoms with Crippen LogP contribution in [0.5, 0.6) is 0 Å². The number of hydrogen-bond donors (Lipinski definition) is 0. The molecule has 136 valence electrons. The van der Waals surface area contributed by atoms with Gasteiger partial charge in [0.1, 0.15) is 0 Å². The summed E-state index contributed by atoms with van der Waals surface area (Å²) in [7, 11) is 0. The van der Waals surface area contributed by atoms with Gasteiger partial charge in [0.15, 0.2) is 5.78 Å². The third kappa shape index (κ3) is 2.98. The van der Waals surface area contributed by atoms with E-state index in [1.165, 1.54) is 0 Å². The minimum atomic E-state index is -0.997. The fourth-order valence-electron chi connectivity index (χ4n) is 3.12. The molecule has 8 heteroatoms. The number of urea groups is 1. The van der Waals surface area contributed by atoms with E-state index in [2.05, 4.69) is 0 Å². The Hall–Kier alpha value is -3.03. The highest BCUT2D eigenvalue weighted by molar-refractivity contribution is 6.45. The summed E-state index contributed by atoms with van der Waals surface area (Å²) in [4.78, 5) is 63.7. The van der Waals surface area contributed by atoms with Crippen molar-refractivity contribution in [3.8, 4) is 0 Å². The van der Waals surface area contributed by atoms with Gasteiger partial charge in [-0.15, -0.1) is 0 Å². The molecule has 2 heterocycles. The molecule has 0 bridgehead atoms. The number of carbonyl (C=O) groups is 5. The zero-order valence-electron chi connectivity index (χ0n) is 14.6. The molecule has 0 atom stereocenters. The second kappa shape index (κ2) is 6.70. The van der Waals surface area contributed by atoms with Crippen LogP contribution in [0.15, 0.2) is 24.3 Å². The summed E-state index contributed by atoms with van der Waals surface area (Å²) in [5.74, 6) is -2.39. The van der Waals surface area contributed by atoms with Gasteiger partial charge < -0.3 is 4.90 Å². The van der Waals surface area contributed by atoms with E-state index in [-0.39, 0.29) is 11.5 Å². The highest BCUT2D eigenvalue weighted by Crippen LogP contribution is 2.23. The van der Waals surface area contributed by atoms with E-state index in [1.807, 2.05) is 0 Å². The summed E-state index contributed by atoms with van der Waals surface area (Å²) in [6, 6.07) is 5.25. The van der Waals surface area contributed by atoms with Crippen molar-refractivity contribution in [2.75, 3.05) is 18.0 Å². The number of rotatable bonds is 5. The van der Waals surface area contributed by atoms with Crippen molar-refractivity contribution >= 4 is 35.2 Å². The molecule has 3 rings (SSSR count). The van der Waals surface area contributed by atoms with Crippen LogP contribution in [0.1, 0.15) is 37.0 Å². The zero-order valence-corrected chi connectivity index (χ0v) is 14.6. The highest BCUT2D eigenvalue weighted by Gasteiger charge is 2.46. The Bertz CT molecular complexity index is 817. The van der Waals surface area contributed by atoms with E-state index >= 15 is 0 Å². The summed E-state index contributed by atoms with van der Waals surface area (Å²) in [6.07, 6.45) is 1.24. The lowest BCUT2D eigenvalue weighted by Crippen LogP contribution is -2.39. The molecular formula is C18H19N3O5. The van der Waals surface area contributed by atoms with Gasteiger partial charge in [0.05, 0.1) is 6.54 Å². The Morgan fingerprint density at radius 1 is 1.12 bits per heavy atom. The second-order valence-electron chi connectivity index (χ2n) is 6.57. The van der Waals surface area contributed by atoms with Gasteiger partial charge in [0.2, 0.25) is 5.91 Å². The molecule has 1 aromatic rings. The molecule has 0 aromatic heterocycles. The molecule has 0 saturated carbocycles.